The molecule has 0 aliphatic carbocycles. The van der Waals surface area contributed by atoms with Crippen LogP contribution in [0.15, 0.2) is 76.0 Å². The van der Waals surface area contributed by atoms with Gasteiger partial charge in [-0.1, -0.05) is 41.9 Å². The molecule has 0 amide bonds. The summed E-state index contributed by atoms with van der Waals surface area (Å²) < 4.78 is 42.8. The smallest absolute Gasteiger partial charge is 0.202 e. The Hall–Kier alpha value is -3.03. The molecular formula is C24H19ClFNO4S. The minimum Gasteiger partial charge on any atom is -0.440 e. The first kappa shape index (κ1) is 22.2. The highest BCUT2D eigenvalue weighted by Crippen LogP contribution is 2.29. The topological polar surface area (TPSA) is 77.2 Å². The summed E-state index contributed by atoms with van der Waals surface area (Å²) in [5.74, 6) is -1.00. The number of nitrogens with zero attached hydrogens (tertiary/aromatic N) is 1. The predicted octanol–water partition coefficient (Wildman–Crippen LogP) is 5.16. The predicted molar refractivity (Wildman–Crippen MR) is 120 cm³/mol. The lowest BCUT2D eigenvalue weighted by Crippen LogP contribution is -2.18. The van der Waals surface area contributed by atoms with Gasteiger partial charge in [0.15, 0.2) is 15.4 Å². The second-order valence-corrected chi connectivity index (χ2v) is 9.97. The Morgan fingerprint density at radius 1 is 1.09 bits per heavy atom. The zero-order valence-corrected chi connectivity index (χ0v) is 18.7. The number of hydrogen-bond acceptors (Lipinski definition) is 5. The molecule has 0 spiro atoms. The molecule has 0 radical (unpaired) electrons. The summed E-state index contributed by atoms with van der Waals surface area (Å²) in [6.45, 7) is 0. The van der Waals surface area contributed by atoms with Crippen LogP contribution in [-0.2, 0) is 27.5 Å². The molecule has 1 aromatic heterocycles. The highest BCUT2D eigenvalue weighted by atomic mass is 35.5. The maximum Gasteiger partial charge on any atom is 0.202 e. The lowest BCUT2D eigenvalue weighted by atomic mass is 9.87. The number of ketones is 1. The van der Waals surface area contributed by atoms with Crippen molar-refractivity contribution in [2.24, 2.45) is 0 Å². The Morgan fingerprint density at radius 2 is 1.81 bits per heavy atom. The fourth-order valence-corrected chi connectivity index (χ4v) is 4.41. The van der Waals surface area contributed by atoms with Gasteiger partial charge < -0.3 is 4.42 Å². The zero-order chi connectivity index (χ0) is 22.9. The number of carbonyl (C=O) groups is 1. The van der Waals surface area contributed by atoms with E-state index in [0.29, 0.717) is 28.1 Å². The van der Waals surface area contributed by atoms with Crippen LogP contribution < -0.4 is 0 Å². The average Bonchev–Trinajstić information content (AvgIpc) is 3.15. The third kappa shape index (κ3) is 4.89. The molecule has 5 nitrogen and oxygen atoms in total. The molecule has 8 heteroatoms. The molecule has 4 rings (SSSR count). The van der Waals surface area contributed by atoms with Crippen LogP contribution in [-0.4, -0.2) is 25.4 Å². The second-order valence-electron chi connectivity index (χ2n) is 7.55. The number of carbonyl (C=O) groups excluding carboxylic acids is 1. The molecular weight excluding hydrogens is 453 g/mol. The summed E-state index contributed by atoms with van der Waals surface area (Å²) >= 11 is 6.20. The highest BCUT2D eigenvalue weighted by molar-refractivity contribution is 7.90. The molecule has 3 aromatic carbocycles. The molecule has 1 heterocycles. The third-order valence-electron chi connectivity index (χ3n) is 5.20. The van der Waals surface area contributed by atoms with Crippen molar-refractivity contribution in [3.8, 4) is 0 Å². The molecule has 164 valence electrons. The molecule has 0 N–H and O–H groups in total. The maximum absolute atomic E-state index is 13.5. The highest BCUT2D eigenvalue weighted by Gasteiger charge is 2.25. The van der Waals surface area contributed by atoms with E-state index in [1.807, 2.05) is 12.1 Å². The number of rotatable bonds is 7. The molecule has 0 bridgehead atoms. The van der Waals surface area contributed by atoms with E-state index in [1.54, 1.807) is 30.3 Å². The molecule has 32 heavy (non-hydrogen) atoms. The minimum atomic E-state index is -3.37. The van der Waals surface area contributed by atoms with Gasteiger partial charge in [-0.25, -0.2) is 17.8 Å². The van der Waals surface area contributed by atoms with Gasteiger partial charge in [-0.2, -0.15) is 0 Å². The zero-order valence-electron chi connectivity index (χ0n) is 17.1. The van der Waals surface area contributed by atoms with Gasteiger partial charge >= 0.3 is 0 Å². The van der Waals surface area contributed by atoms with Crippen molar-refractivity contribution >= 4 is 38.3 Å². The summed E-state index contributed by atoms with van der Waals surface area (Å²) in [6, 6.07) is 17.4. The van der Waals surface area contributed by atoms with Crippen molar-refractivity contribution in [3.63, 3.8) is 0 Å². The van der Waals surface area contributed by atoms with Crippen molar-refractivity contribution in [2.45, 2.75) is 23.7 Å². The summed E-state index contributed by atoms with van der Waals surface area (Å²) in [6.07, 6.45) is 1.29. The first-order valence-electron chi connectivity index (χ1n) is 9.82. The lowest BCUT2D eigenvalue weighted by Gasteiger charge is -2.17. The van der Waals surface area contributed by atoms with Gasteiger partial charge in [0.1, 0.15) is 17.1 Å². The SMILES string of the molecule is CS(=O)(=O)c1ccc(C(Cc2ccc(F)cc2Cl)C(=O)Cc2nc3ccccc3o2)cc1. The van der Waals surface area contributed by atoms with E-state index in [1.165, 1.54) is 24.3 Å². The van der Waals surface area contributed by atoms with Gasteiger partial charge in [-0.05, 0) is 53.9 Å². The molecule has 0 saturated carbocycles. The number of para-hydroxylation sites is 2. The van der Waals surface area contributed by atoms with Crippen molar-refractivity contribution in [1.29, 1.82) is 0 Å². The minimum absolute atomic E-state index is 0.0496. The number of hydrogen-bond donors (Lipinski definition) is 0. The number of oxazole rings is 1. The van der Waals surface area contributed by atoms with E-state index in [9.17, 15) is 17.6 Å². The Balaban J connectivity index is 1.67. The maximum atomic E-state index is 13.5. The van der Waals surface area contributed by atoms with E-state index in [4.69, 9.17) is 16.0 Å². The fraction of sp³-hybridized carbons (Fsp3) is 0.167. The normalized spacial score (nSPS) is 12.7. The van der Waals surface area contributed by atoms with Gasteiger partial charge in [0.25, 0.3) is 0 Å². The number of aromatic nitrogens is 1. The van der Waals surface area contributed by atoms with Crippen LogP contribution in [0.2, 0.25) is 5.02 Å². The summed E-state index contributed by atoms with van der Waals surface area (Å²) in [5.41, 5.74) is 2.48. The van der Waals surface area contributed by atoms with Gasteiger partial charge in [-0.15, -0.1) is 0 Å². The van der Waals surface area contributed by atoms with E-state index >= 15 is 0 Å². The van der Waals surface area contributed by atoms with E-state index in [0.717, 1.165) is 6.26 Å². The van der Waals surface area contributed by atoms with E-state index in [2.05, 4.69) is 4.98 Å². The molecule has 1 unspecified atom stereocenters. The largest absolute Gasteiger partial charge is 0.440 e. The van der Waals surface area contributed by atoms with Crippen LogP contribution in [0, 0.1) is 5.82 Å². The van der Waals surface area contributed by atoms with Crippen LogP contribution in [0.25, 0.3) is 11.1 Å². The molecule has 0 aliphatic rings. The van der Waals surface area contributed by atoms with E-state index in [-0.39, 0.29) is 28.5 Å². The molecule has 0 aliphatic heterocycles. The number of fused-ring (bicyclic) bond motifs is 1. The monoisotopic (exact) mass is 471 g/mol. The van der Waals surface area contributed by atoms with Crippen LogP contribution in [0.4, 0.5) is 4.39 Å². The van der Waals surface area contributed by atoms with Crippen LogP contribution >= 0.6 is 11.6 Å². The van der Waals surface area contributed by atoms with Gasteiger partial charge in [-0.3, -0.25) is 4.79 Å². The number of benzene rings is 3. The standard InChI is InChI=1S/C24H19ClFNO4S/c1-32(29,30)18-10-7-15(8-11-18)19(12-16-6-9-17(26)13-20(16)25)22(28)14-24-27-21-4-2-3-5-23(21)31-24/h2-11,13,19H,12,14H2,1H3. The first-order valence-corrected chi connectivity index (χ1v) is 12.1. The number of Topliss-reactive ketones (excluding diaryl/α,β-unsaturated/α-hetero) is 1. The molecule has 4 aromatic rings. The summed E-state index contributed by atoms with van der Waals surface area (Å²) in [7, 11) is -3.37. The Morgan fingerprint density at radius 3 is 2.47 bits per heavy atom. The summed E-state index contributed by atoms with van der Waals surface area (Å²) in [5, 5.41) is 0.220. The third-order valence-corrected chi connectivity index (χ3v) is 6.68. The van der Waals surface area contributed by atoms with Crippen LogP contribution in [0.3, 0.4) is 0 Å². The van der Waals surface area contributed by atoms with Crippen molar-refractivity contribution < 1.29 is 22.0 Å². The molecule has 1 atom stereocenters. The fourth-order valence-electron chi connectivity index (χ4n) is 3.54. The van der Waals surface area contributed by atoms with Crippen molar-refractivity contribution in [3.05, 3.63) is 94.6 Å². The van der Waals surface area contributed by atoms with Crippen LogP contribution in [0.5, 0.6) is 0 Å². The molecule has 0 saturated heterocycles. The Kier molecular flexibility index (Phi) is 6.13. The molecule has 0 fully saturated rings. The van der Waals surface area contributed by atoms with Crippen LogP contribution in [0.1, 0.15) is 22.9 Å². The Labute approximate surface area is 189 Å². The average molecular weight is 472 g/mol. The van der Waals surface area contributed by atoms with E-state index < -0.39 is 21.6 Å². The quantitative estimate of drug-likeness (QED) is 0.372. The van der Waals surface area contributed by atoms with Crippen molar-refractivity contribution in [1.82, 2.24) is 4.98 Å². The van der Waals surface area contributed by atoms with Crippen molar-refractivity contribution in [2.75, 3.05) is 6.26 Å². The first-order chi connectivity index (χ1) is 15.2. The van der Waals surface area contributed by atoms with Gasteiger partial charge in [0.05, 0.1) is 11.3 Å². The Bertz CT molecular complexity index is 1360. The summed E-state index contributed by atoms with van der Waals surface area (Å²) in [4.78, 5) is 17.8. The second kappa shape index (κ2) is 8.84. The lowest BCUT2D eigenvalue weighted by molar-refractivity contribution is -0.120. The number of halogens is 2. The number of sulfone groups is 1. The van der Waals surface area contributed by atoms with Gasteiger partial charge in [0, 0.05) is 17.2 Å². The van der Waals surface area contributed by atoms with Gasteiger partial charge in [0.2, 0.25) is 5.89 Å².